The van der Waals surface area contributed by atoms with Crippen LogP contribution >= 0.6 is 11.6 Å². The predicted octanol–water partition coefficient (Wildman–Crippen LogP) is 3.96. The van der Waals surface area contributed by atoms with Crippen molar-refractivity contribution < 1.29 is 24.1 Å². The Morgan fingerprint density at radius 3 is 2.46 bits per heavy atom. The molecule has 0 heterocycles. The Kier molecular flexibility index (Phi) is 5.57. The molecule has 0 saturated heterocycles. The minimum atomic E-state index is -1.16. The third-order valence-electron chi connectivity index (χ3n) is 3.29. The number of aromatic hydroxyl groups is 1. The second-order valence-corrected chi connectivity index (χ2v) is 6.09. The van der Waals surface area contributed by atoms with Crippen LogP contribution in [-0.2, 0) is 16.1 Å². The smallest absolute Gasteiger partial charge is 0.350 e. The zero-order valence-corrected chi connectivity index (χ0v) is 14.5. The molecule has 0 unspecified atom stereocenters. The molecule has 0 radical (unpaired) electrons. The molecule has 24 heavy (non-hydrogen) atoms. The number of esters is 1. The summed E-state index contributed by atoms with van der Waals surface area (Å²) in [6, 6.07) is 11.5. The van der Waals surface area contributed by atoms with Crippen LogP contribution in [0.2, 0.25) is 5.02 Å². The highest BCUT2D eigenvalue weighted by molar-refractivity contribution is 6.30. The van der Waals surface area contributed by atoms with Crippen LogP contribution in [-0.4, -0.2) is 23.8 Å². The molecule has 6 heteroatoms. The van der Waals surface area contributed by atoms with Gasteiger partial charge in [-0.1, -0.05) is 17.7 Å². The van der Waals surface area contributed by atoms with Crippen molar-refractivity contribution in [3.05, 3.63) is 53.1 Å². The van der Waals surface area contributed by atoms with Crippen LogP contribution in [0.4, 0.5) is 0 Å². The molecule has 1 N–H and O–H groups in total. The van der Waals surface area contributed by atoms with E-state index in [4.69, 9.17) is 25.8 Å². The van der Waals surface area contributed by atoms with Crippen molar-refractivity contribution in [3.63, 3.8) is 0 Å². The summed E-state index contributed by atoms with van der Waals surface area (Å²) < 4.78 is 16.0. The maximum Gasteiger partial charge on any atom is 0.350 e. The van der Waals surface area contributed by atoms with Gasteiger partial charge < -0.3 is 19.3 Å². The van der Waals surface area contributed by atoms with Crippen molar-refractivity contribution >= 4 is 17.6 Å². The van der Waals surface area contributed by atoms with E-state index in [1.54, 1.807) is 50.2 Å². The number of phenols is 1. The summed E-state index contributed by atoms with van der Waals surface area (Å²) in [5, 5.41) is 10.2. The third-order valence-corrected chi connectivity index (χ3v) is 3.54. The normalized spacial score (nSPS) is 11.0. The first-order valence-corrected chi connectivity index (χ1v) is 7.67. The van der Waals surface area contributed by atoms with E-state index in [2.05, 4.69) is 0 Å². The van der Waals surface area contributed by atoms with Crippen molar-refractivity contribution in [2.75, 3.05) is 7.11 Å². The Morgan fingerprint density at radius 1 is 1.17 bits per heavy atom. The van der Waals surface area contributed by atoms with Crippen LogP contribution in [0.3, 0.4) is 0 Å². The Labute approximate surface area is 145 Å². The first kappa shape index (κ1) is 17.9. The second-order valence-electron chi connectivity index (χ2n) is 5.65. The van der Waals surface area contributed by atoms with Gasteiger partial charge in [0.2, 0.25) is 0 Å². The molecule has 0 amide bonds. The fraction of sp³-hybridized carbons (Fsp3) is 0.278. The number of rotatable bonds is 6. The van der Waals surface area contributed by atoms with E-state index in [0.29, 0.717) is 22.1 Å². The molecule has 0 aliphatic carbocycles. The highest BCUT2D eigenvalue weighted by Crippen LogP contribution is 2.27. The number of phenolic OH excluding ortho intramolecular Hbond substituents is 1. The number of hydrogen-bond acceptors (Lipinski definition) is 5. The fourth-order valence-electron chi connectivity index (χ4n) is 1.97. The number of benzene rings is 2. The molecule has 5 nitrogen and oxygen atoms in total. The topological polar surface area (TPSA) is 65.0 Å². The zero-order valence-electron chi connectivity index (χ0n) is 13.7. The van der Waals surface area contributed by atoms with E-state index in [-0.39, 0.29) is 12.4 Å². The Hall–Kier alpha value is -2.40. The molecule has 2 aromatic carbocycles. The van der Waals surface area contributed by atoms with Crippen molar-refractivity contribution in [2.45, 2.75) is 26.1 Å². The van der Waals surface area contributed by atoms with E-state index < -0.39 is 11.6 Å². The van der Waals surface area contributed by atoms with Gasteiger partial charge in [-0.15, -0.1) is 0 Å². The summed E-state index contributed by atoms with van der Waals surface area (Å²) in [4.78, 5) is 12.3. The van der Waals surface area contributed by atoms with Crippen LogP contribution in [0.1, 0.15) is 19.4 Å². The maximum absolute atomic E-state index is 12.3. The molecule has 2 aromatic rings. The van der Waals surface area contributed by atoms with Crippen LogP contribution in [0.15, 0.2) is 42.5 Å². The summed E-state index contributed by atoms with van der Waals surface area (Å²) in [7, 11) is 1.45. The molecule has 0 saturated carbocycles. The summed E-state index contributed by atoms with van der Waals surface area (Å²) in [5.41, 5.74) is -0.463. The molecular formula is C18H19ClO5. The van der Waals surface area contributed by atoms with Crippen LogP contribution in [0, 0.1) is 0 Å². The van der Waals surface area contributed by atoms with Gasteiger partial charge in [-0.25, -0.2) is 4.79 Å². The monoisotopic (exact) mass is 350 g/mol. The lowest BCUT2D eigenvalue weighted by molar-refractivity contribution is -0.160. The van der Waals surface area contributed by atoms with Gasteiger partial charge in [0.05, 0.1) is 7.11 Å². The lowest BCUT2D eigenvalue weighted by atomic mass is 10.1. The van der Waals surface area contributed by atoms with Gasteiger partial charge in [-0.2, -0.15) is 0 Å². The van der Waals surface area contributed by atoms with Gasteiger partial charge in [0, 0.05) is 5.02 Å². The molecule has 0 fully saturated rings. The number of hydrogen-bond donors (Lipinski definition) is 1. The Bertz CT molecular complexity index is 710. The fourth-order valence-corrected chi connectivity index (χ4v) is 2.10. The minimum Gasteiger partial charge on any atom is -0.504 e. The number of methoxy groups -OCH3 is 1. The third kappa shape index (κ3) is 4.55. The van der Waals surface area contributed by atoms with Crippen LogP contribution in [0.25, 0.3) is 0 Å². The van der Waals surface area contributed by atoms with Crippen LogP contribution in [0.5, 0.6) is 17.2 Å². The number of carbonyl (C=O) groups excluding carboxylic acids is 1. The van der Waals surface area contributed by atoms with Crippen molar-refractivity contribution in [1.29, 1.82) is 0 Å². The molecule has 0 aromatic heterocycles. The summed E-state index contributed by atoms with van der Waals surface area (Å²) >= 11 is 5.82. The van der Waals surface area contributed by atoms with Crippen LogP contribution < -0.4 is 9.47 Å². The van der Waals surface area contributed by atoms with Gasteiger partial charge in [-0.3, -0.25) is 0 Å². The van der Waals surface area contributed by atoms with E-state index in [0.717, 1.165) is 0 Å². The van der Waals surface area contributed by atoms with E-state index in [9.17, 15) is 9.90 Å². The van der Waals surface area contributed by atoms with E-state index in [1.807, 2.05) is 0 Å². The molecule has 2 rings (SSSR count). The predicted molar refractivity (Wildman–Crippen MR) is 90.6 cm³/mol. The first-order chi connectivity index (χ1) is 11.3. The van der Waals surface area contributed by atoms with Gasteiger partial charge in [-0.05, 0) is 55.8 Å². The van der Waals surface area contributed by atoms with Crippen molar-refractivity contribution in [3.8, 4) is 17.2 Å². The highest BCUT2D eigenvalue weighted by atomic mass is 35.5. The Balaban J connectivity index is 1.98. The van der Waals surface area contributed by atoms with Crippen molar-refractivity contribution in [1.82, 2.24) is 0 Å². The largest absolute Gasteiger partial charge is 0.504 e. The number of carbonyl (C=O) groups is 1. The SMILES string of the molecule is COc1cc(COC(=O)C(C)(C)Oc2ccc(Cl)cc2)ccc1O. The standard InChI is InChI=1S/C18H19ClO5/c1-18(2,24-14-7-5-13(19)6-8-14)17(21)23-11-12-4-9-15(20)16(10-12)22-3/h4-10,20H,11H2,1-3H3. The Morgan fingerprint density at radius 2 is 1.83 bits per heavy atom. The molecule has 0 bridgehead atoms. The zero-order chi connectivity index (χ0) is 17.7. The molecule has 0 aliphatic rings. The highest BCUT2D eigenvalue weighted by Gasteiger charge is 2.32. The molecule has 128 valence electrons. The lowest BCUT2D eigenvalue weighted by Crippen LogP contribution is -2.39. The first-order valence-electron chi connectivity index (χ1n) is 7.29. The molecule has 0 spiro atoms. The quantitative estimate of drug-likeness (QED) is 0.799. The van der Waals surface area contributed by atoms with E-state index in [1.165, 1.54) is 13.2 Å². The van der Waals surface area contributed by atoms with Crippen molar-refractivity contribution in [2.24, 2.45) is 0 Å². The number of halogens is 1. The molecular weight excluding hydrogens is 332 g/mol. The lowest BCUT2D eigenvalue weighted by Gasteiger charge is -2.24. The average molecular weight is 351 g/mol. The summed E-state index contributed by atoms with van der Waals surface area (Å²) in [5.74, 6) is 0.358. The van der Waals surface area contributed by atoms with Gasteiger partial charge >= 0.3 is 5.97 Å². The average Bonchev–Trinajstić information content (AvgIpc) is 2.55. The molecule has 0 atom stereocenters. The van der Waals surface area contributed by atoms with E-state index >= 15 is 0 Å². The summed E-state index contributed by atoms with van der Waals surface area (Å²) in [6.07, 6.45) is 0. The van der Waals surface area contributed by atoms with Gasteiger partial charge in [0.1, 0.15) is 12.4 Å². The minimum absolute atomic E-state index is 0.0268. The summed E-state index contributed by atoms with van der Waals surface area (Å²) in [6.45, 7) is 3.30. The maximum atomic E-state index is 12.3. The second kappa shape index (κ2) is 7.45. The van der Waals surface area contributed by atoms with Gasteiger partial charge in [0.25, 0.3) is 0 Å². The molecule has 0 aliphatic heterocycles. The number of ether oxygens (including phenoxy) is 3. The van der Waals surface area contributed by atoms with Gasteiger partial charge in [0.15, 0.2) is 17.1 Å².